The summed E-state index contributed by atoms with van der Waals surface area (Å²) in [6.07, 6.45) is 1.77. The fourth-order valence-electron chi connectivity index (χ4n) is 2.11. The van der Waals surface area contributed by atoms with Gasteiger partial charge in [-0.15, -0.1) is 0 Å². The Balaban J connectivity index is 2.12. The lowest BCUT2D eigenvalue weighted by molar-refractivity contribution is -0.117. The molecule has 1 aromatic carbocycles. The van der Waals surface area contributed by atoms with Gasteiger partial charge >= 0.3 is 0 Å². The lowest BCUT2D eigenvalue weighted by atomic mass is 9.98. The zero-order valence-corrected chi connectivity index (χ0v) is 11.4. The molecule has 0 N–H and O–H groups in total. The normalized spacial score (nSPS) is 14.5. The number of pyridine rings is 1. The molecule has 0 aliphatic carbocycles. The van der Waals surface area contributed by atoms with E-state index in [4.69, 9.17) is 0 Å². The molecule has 0 saturated carbocycles. The molecule has 5 heteroatoms. The number of benzene rings is 1. The average Bonchev–Trinajstić information content (AvgIpc) is 2.41. The minimum absolute atomic E-state index is 0.213. The molecule has 94 valence electrons. The van der Waals surface area contributed by atoms with Crippen molar-refractivity contribution >= 4 is 33.6 Å². The van der Waals surface area contributed by atoms with E-state index in [0.29, 0.717) is 15.9 Å². The van der Waals surface area contributed by atoms with Crippen molar-refractivity contribution in [3.8, 4) is 0 Å². The van der Waals surface area contributed by atoms with Crippen LogP contribution in [0.4, 0.5) is 5.82 Å². The highest BCUT2D eigenvalue weighted by molar-refractivity contribution is 9.10. The van der Waals surface area contributed by atoms with Crippen LogP contribution in [0, 0.1) is 0 Å². The molecule has 3 rings (SSSR count). The van der Waals surface area contributed by atoms with Crippen molar-refractivity contribution in [1.82, 2.24) is 4.98 Å². The van der Waals surface area contributed by atoms with Crippen molar-refractivity contribution in [1.29, 1.82) is 0 Å². The summed E-state index contributed by atoms with van der Waals surface area (Å²) < 4.78 is 0.621. The molecule has 0 unspecified atom stereocenters. The monoisotopic (exact) mass is 316 g/mol. The van der Waals surface area contributed by atoms with Gasteiger partial charge in [0.1, 0.15) is 0 Å². The van der Waals surface area contributed by atoms with E-state index in [1.165, 1.54) is 0 Å². The number of amides is 2. The van der Waals surface area contributed by atoms with Crippen LogP contribution < -0.4 is 4.90 Å². The van der Waals surface area contributed by atoms with E-state index < -0.39 is 0 Å². The van der Waals surface area contributed by atoms with Gasteiger partial charge in [0.25, 0.3) is 5.91 Å². The molecule has 1 aliphatic heterocycles. The van der Waals surface area contributed by atoms with Gasteiger partial charge in [0, 0.05) is 11.8 Å². The summed E-state index contributed by atoms with van der Waals surface area (Å²) in [4.78, 5) is 29.8. The van der Waals surface area contributed by atoms with Gasteiger partial charge < -0.3 is 0 Å². The number of fused-ring (bicyclic) bond motifs is 1. The van der Waals surface area contributed by atoms with Crippen LogP contribution >= 0.6 is 15.9 Å². The van der Waals surface area contributed by atoms with Crippen molar-refractivity contribution < 1.29 is 9.59 Å². The predicted octanol–water partition coefficient (Wildman–Crippen LogP) is 2.57. The number of imide groups is 1. The maximum absolute atomic E-state index is 12.4. The van der Waals surface area contributed by atoms with E-state index in [-0.39, 0.29) is 18.2 Å². The van der Waals surface area contributed by atoms with Crippen molar-refractivity contribution in [2.45, 2.75) is 6.42 Å². The maximum Gasteiger partial charge on any atom is 0.266 e. The second-order valence-electron chi connectivity index (χ2n) is 4.18. The molecule has 0 radical (unpaired) electrons. The average molecular weight is 317 g/mol. The second-order valence-corrected chi connectivity index (χ2v) is 5.03. The minimum atomic E-state index is -0.328. The molecule has 1 aromatic heterocycles. The molecule has 0 saturated heterocycles. The summed E-state index contributed by atoms with van der Waals surface area (Å²) in [5, 5.41) is 0. The van der Waals surface area contributed by atoms with Gasteiger partial charge in [-0.1, -0.05) is 18.2 Å². The second kappa shape index (κ2) is 4.59. The van der Waals surface area contributed by atoms with Gasteiger partial charge in [0.15, 0.2) is 5.82 Å². The number of carbonyl (C=O) groups excluding carboxylic acids is 2. The van der Waals surface area contributed by atoms with Gasteiger partial charge in [-0.3, -0.25) is 9.59 Å². The third-order valence-electron chi connectivity index (χ3n) is 2.99. The zero-order chi connectivity index (χ0) is 13.4. The van der Waals surface area contributed by atoms with Crippen molar-refractivity contribution in [2.75, 3.05) is 4.90 Å². The number of halogens is 1. The first kappa shape index (κ1) is 12.0. The molecule has 0 spiro atoms. The lowest BCUT2D eigenvalue weighted by Gasteiger charge is -2.26. The first-order valence-electron chi connectivity index (χ1n) is 5.74. The number of rotatable bonds is 1. The lowest BCUT2D eigenvalue weighted by Crippen LogP contribution is -2.43. The molecular weight excluding hydrogens is 308 g/mol. The molecule has 2 heterocycles. The summed E-state index contributed by atoms with van der Waals surface area (Å²) in [7, 11) is 0. The standard InChI is InChI=1S/C14H9BrN2O2/c15-11-6-3-7-16-13(11)17-12(18)8-9-4-1-2-5-10(9)14(17)19/h1-7H,8H2. The van der Waals surface area contributed by atoms with E-state index in [9.17, 15) is 9.59 Å². The Kier molecular flexibility index (Phi) is 2.91. The van der Waals surface area contributed by atoms with Gasteiger partial charge in [0.2, 0.25) is 5.91 Å². The number of carbonyl (C=O) groups is 2. The van der Waals surface area contributed by atoms with Crippen molar-refractivity contribution in [3.05, 3.63) is 58.2 Å². The molecule has 2 amide bonds. The van der Waals surface area contributed by atoms with E-state index in [2.05, 4.69) is 20.9 Å². The third kappa shape index (κ3) is 1.96. The molecule has 1 aliphatic rings. The van der Waals surface area contributed by atoms with E-state index in [0.717, 1.165) is 10.5 Å². The quantitative estimate of drug-likeness (QED) is 0.760. The Morgan fingerprint density at radius 2 is 1.89 bits per heavy atom. The van der Waals surface area contributed by atoms with Crippen molar-refractivity contribution in [3.63, 3.8) is 0 Å². The first-order chi connectivity index (χ1) is 9.18. The maximum atomic E-state index is 12.4. The smallest absolute Gasteiger partial charge is 0.266 e. The van der Waals surface area contributed by atoms with Gasteiger partial charge in [-0.05, 0) is 39.7 Å². The van der Waals surface area contributed by atoms with E-state index in [1.54, 1.807) is 36.5 Å². The summed E-state index contributed by atoms with van der Waals surface area (Å²) in [6.45, 7) is 0. The topological polar surface area (TPSA) is 50.3 Å². The molecular formula is C14H9BrN2O2. The number of aromatic nitrogens is 1. The van der Waals surface area contributed by atoms with Crippen LogP contribution in [0.1, 0.15) is 15.9 Å². The fraction of sp³-hybridized carbons (Fsp3) is 0.0714. The Morgan fingerprint density at radius 3 is 2.68 bits per heavy atom. The highest BCUT2D eigenvalue weighted by Crippen LogP contribution is 2.28. The van der Waals surface area contributed by atoms with E-state index >= 15 is 0 Å². The van der Waals surface area contributed by atoms with Crippen LogP contribution in [0.3, 0.4) is 0 Å². The molecule has 0 atom stereocenters. The van der Waals surface area contributed by atoms with Crippen LogP contribution in [-0.2, 0) is 11.2 Å². The highest BCUT2D eigenvalue weighted by atomic mass is 79.9. The van der Waals surface area contributed by atoms with Gasteiger partial charge in [-0.25, -0.2) is 9.88 Å². The van der Waals surface area contributed by atoms with Crippen LogP contribution in [0.2, 0.25) is 0 Å². The van der Waals surface area contributed by atoms with Gasteiger partial charge in [0.05, 0.1) is 10.9 Å². The van der Waals surface area contributed by atoms with Gasteiger partial charge in [-0.2, -0.15) is 0 Å². The number of anilines is 1. The molecule has 0 bridgehead atoms. The Morgan fingerprint density at radius 1 is 1.11 bits per heavy atom. The summed E-state index contributed by atoms with van der Waals surface area (Å²) in [6, 6.07) is 10.6. The first-order valence-corrected chi connectivity index (χ1v) is 6.53. The fourth-order valence-corrected chi connectivity index (χ4v) is 2.55. The molecule has 0 fully saturated rings. The third-order valence-corrected chi connectivity index (χ3v) is 3.61. The van der Waals surface area contributed by atoms with E-state index in [1.807, 2.05) is 6.07 Å². The number of hydrogen-bond acceptors (Lipinski definition) is 3. The van der Waals surface area contributed by atoms with Crippen LogP contribution in [0.5, 0.6) is 0 Å². The van der Waals surface area contributed by atoms with Crippen LogP contribution in [0.25, 0.3) is 0 Å². The number of nitrogens with zero attached hydrogens (tertiary/aromatic N) is 2. The molecule has 2 aromatic rings. The highest BCUT2D eigenvalue weighted by Gasteiger charge is 2.33. The van der Waals surface area contributed by atoms with Crippen LogP contribution in [-0.4, -0.2) is 16.8 Å². The SMILES string of the molecule is O=C1Cc2ccccc2C(=O)N1c1ncccc1Br. The largest absolute Gasteiger partial charge is 0.274 e. The number of hydrogen-bond donors (Lipinski definition) is 0. The molecule has 4 nitrogen and oxygen atoms in total. The van der Waals surface area contributed by atoms with Crippen molar-refractivity contribution in [2.24, 2.45) is 0 Å². The Bertz CT molecular complexity index is 685. The minimum Gasteiger partial charge on any atom is -0.274 e. The predicted molar refractivity (Wildman–Crippen MR) is 73.9 cm³/mol. The summed E-state index contributed by atoms with van der Waals surface area (Å²) in [5.41, 5.74) is 1.32. The molecule has 19 heavy (non-hydrogen) atoms. The van der Waals surface area contributed by atoms with Crippen LogP contribution in [0.15, 0.2) is 47.1 Å². The Labute approximate surface area is 118 Å². The summed E-state index contributed by atoms with van der Waals surface area (Å²) >= 11 is 3.32. The zero-order valence-electron chi connectivity index (χ0n) is 9.84. The summed E-state index contributed by atoms with van der Waals surface area (Å²) in [5.74, 6) is -0.249. The Hall–Kier alpha value is -2.01.